The minimum atomic E-state index is -4.26. The van der Waals surface area contributed by atoms with E-state index in [9.17, 15) is 13.2 Å². The molecule has 5 rings (SSSR count). The van der Waals surface area contributed by atoms with Gasteiger partial charge in [0.2, 0.25) is 5.88 Å². The van der Waals surface area contributed by atoms with Crippen LogP contribution in [-0.2, 0) is 14.8 Å². The lowest BCUT2D eigenvalue weighted by molar-refractivity contribution is 0.0367. The molecule has 1 aliphatic carbocycles. The summed E-state index contributed by atoms with van der Waals surface area (Å²) in [6.07, 6.45) is 5.85. The van der Waals surface area contributed by atoms with Crippen LogP contribution in [0.25, 0.3) is 11.3 Å². The molecule has 214 valence electrons. The molecule has 40 heavy (non-hydrogen) atoms. The van der Waals surface area contributed by atoms with Gasteiger partial charge < -0.3 is 20.1 Å². The van der Waals surface area contributed by atoms with Gasteiger partial charge in [-0.05, 0) is 75.8 Å². The van der Waals surface area contributed by atoms with Crippen molar-refractivity contribution < 1.29 is 24.1 Å². The maximum atomic E-state index is 13.4. The Kier molecular flexibility index (Phi) is 8.17. The van der Waals surface area contributed by atoms with Crippen molar-refractivity contribution >= 4 is 27.6 Å². The van der Waals surface area contributed by atoms with Gasteiger partial charge in [0.25, 0.3) is 15.9 Å². The van der Waals surface area contributed by atoms with E-state index in [2.05, 4.69) is 14.7 Å². The Morgan fingerprint density at radius 3 is 2.67 bits per heavy atom. The molecule has 4 heterocycles. The molecule has 1 saturated heterocycles. The number of anilines is 2. The third-order valence-corrected chi connectivity index (χ3v) is 7.93. The first kappa shape index (κ1) is 27.8. The van der Waals surface area contributed by atoms with E-state index in [1.54, 1.807) is 24.4 Å². The minimum Gasteiger partial charge on any atom is -0.475 e. The Bertz CT molecular complexity index is 1470. The summed E-state index contributed by atoms with van der Waals surface area (Å²) < 4.78 is 39.8. The third kappa shape index (κ3) is 6.86. The van der Waals surface area contributed by atoms with Crippen LogP contribution in [0.2, 0.25) is 0 Å². The van der Waals surface area contributed by atoms with Crippen LogP contribution in [-0.4, -0.2) is 61.2 Å². The molecule has 2 aliphatic rings. The molecule has 0 aromatic carbocycles. The number of nitrogens with zero attached hydrogens (tertiary/aromatic N) is 4. The van der Waals surface area contributed by atoms with E-state index in [0.717, 1.165) is 25.0 Å². The van der Waals surface area contributed by atoms with Crippen molar-refractivity contribution in [2.75, 3.05) is 30.3 Å². The van der Waals surface area contributed by atoms with Gasteiger partial charge in [-0.15, -0.1) is 0 Å². The molecule has 12 heteroatoms. The van der Waals surface area contributed by atoms with Crippen LogP contribution < -0.4 is 20.1 Å². The standard InChI is InChI=1S/C28H34N6O5S.H2/c1-18(2)39-25-13-10-20(15-30-25)23-12-11-22(28(35)33-40(36,37)26-7-3-6-24(29)32-26)27(31-23)34-14-4-5-21(16-34)38-17-19-8-9-19;/h3,6-7,10-13,15,18-19,21H,4-5,8-9,14,16-17H2,1-2H3,(H2,29,32)(H,33,35);1H. The van der Waals surface area contributed by atoms with Gasteiger partial charge in [-0.25, -0.2) is 19.7 Å². The number of nitrogens with two attached hydrogens (primary N) is 1. The first-order valence-electron chi connectivity index (χ1n) is 13.5. The van der Waals surface area contributed by atoms with Gasteiger partial charge in [0.05, 0.1) is 23.5 Å². The van der Waals surface area contributed by atoms with Crippen molar-refractivity contribution in [2.24, 2.45) is 5.92 Å². The van der Waals surface area contributed by atoms with Crippen LogP contribution in [0.15, 0.2) is 53.7 Å². The number of piperidine rings is 1. The van der Waals surface area contributed by atoms with Crippen molar-refractivity contribution in [3.05, 3.63) is 54.2 Å². The molecule has 2 fully saturated rings. The molecule has 0 bridgehead atoms. The van der Waals surface area contributed by atoms with Crippen LogP contribution in [0.5, 0.6) is 5.88 Å². The summed E-state index contributed by atoms with van der Waals surface area (Å²) in [6.45, 7) is 5.80. The summed E-state index contributed by atoms with van der Waals surface area (Å²) in [6, 6.07) is 11.1. The predicted molar refractivity (Wildman–Crippen MR) is 153 cm³/mol. The molecule has 1 aliphatic heterocycles. The fourth-order valence-corrected chi connectivity index (χ4v) is 5.45. The van der Waals surface area contributed by atoms with E-state index in [1.165, 1.54) is 31.0 Å². The van der Waals surface area contributed by atoms with Crippen LogP contribution >= 0.6 is 0 Å². The Labute approximate surface area is 235 Å². The van der Waals surface area contributed by atoms with E-state index < -0.39 is 15.9 Å². The second-order valence-electron chi connectivity index (χ2n) is 10.4. The zero-order valence-corrected chi connectivity index (χ0v) is 23.4. The van der Waals surface area contributed by atoms with E-state index in [0.29, 0.717) is 36.4 Å². The van der Waals surface area contributed by atoms with Gasteiger partial charge in [-0.3, -0.25) is 4.79 Å². The topological polar surface area (TPSA) is 150 Å². The summed E-state index contributed by atoms with van der Waals surface area (Å²) in [7, 11) is -4.26. The summed E-state index contributed by atoms with van der Waals surface area (Å²) in [5, 5.41) is -0.340. The maximum Gasteiger partial charge on any atom is 0.281 e. The molecule has 1 atom stereocenters. The highest BCUT2D eigenvalue weighted by Crippen LogP contribution is 2.31. The number of carbonyl (C=O) groups excluding carboxylic acids is 1. The fraction of sp³-hybridized carbons (Fsp3) is 0.429. The van der Waals surface area contributed by atoms with Gasteiger partial charge >= 0.3 is 0 Å². The maximum absolute atomic E-state index is 13.4. The lowest BCUT2D eigenvalue weighted by atomic mass is 10.1. The third-order valence-electron chi connectivity index (χ3n) is 6.70. The molecule has 11 nitrogen and oxygen atoms in total. The number of carbonyl (C=O) groups is 1. The number of nitrogen functional groups attached to an aromatic ring is 1. The predicted octanol–water partition coefficient (Wildman–Crippen LogP) is 3.67. The molecule has 3 aromatic rings. The first-order valence-corrected chi connectivity index (χ1v) is 15.0. The van der Waals surface area contributed by atoms with Gasteiger partial charge in [0.15, 0.2) is 5.03 Å². The Morgan fingerprint density at radius 2 is 1.98 bits per heavy atom. The van der Waals surface area contributed by atoms with Crippen LogP contribution in [0.1, 0.15) is 51.3 Å². The lowest BCUT2D eigenvalue weighted by Crippen LogP contribution is -2.42. The van der Waals surface area contributed by atoms with Crippen LogP contribution in [0, 0.1) is 5.92 Å². The highest BCUT2D eigenvalue weighted by atomic mass is 32.2. The van der Waals surface area contributed by atoms with Gasteiger partial charge in [-0.1, -0.05) is 6.07 Å². The molecule has 3 N–H and O–H groups in total. The number of hydrogen-bond acceptors (Lipinski definition) is 10. The van der Waals surface area contributed by atoms with Crippen molar-refractivity contribution in [2.45, 2.75) is 56.8 Å². The largest absolute Gasteiger partial charge is 0.475 e. The summed E-state index contributed by atoms with van der Waals surface area (Å²) in [4.78, 5) is 28.5. The number of aromatic nitrogens is 3. The van der Waals surface area contributed by atoms with E-state index in [-0.39, 0.29) is 30.0 Å². The SMILES string of the molecule is CC(C)Oc1ccc(-c2ccc(C(=O)NS(=O)(=O)c3cccc(N)n3)c(N3CCCC(OCC4CC4)C3)n2)cn1.[HH]. The van der Waals surface area contributed by atoms with Crippen LogP contribution in [0.4, 0.5) is 11.6 Å². The number of rotatable bonds is 10. The first-order chi connectivity index (χ1) is 19.2. The molecular formula is C28H36N6O5S. The smallest absolute Gasteiger partial charge is 0.281 e. The van der Waals surface area contributed by atoms with E-state index in [4.69, 9.17) is 20.2 Å². The van der Waals surface area contributed by atoms with E-state index >= 15 is 0 Å². The number of pyridine rings is 3. The zero-order chi connectivity index (χ0) is 28.3. The number of nitrogens with one attached hydrogen (secondary N) is 1. The normalized spacial score (nSPS) is 17.6. The fourth-order valence-electron chi connectivity index (χ4n) is 4.50. The number of sulfonamides is 1. The monoisotopic (exact) mass is 568 g/mol. The molecule has 1 saturated carbocycles. The highest BCUT2D eigenvalue weighted by molar-refractivity contribution is 7.90. The van der Waals surface area contributed by atoms with Crippen LogP contribution in [0.3, 0.4) is 0 Å². The van der Waals surface area contributed by atoms with Crippen molar-refractivity contribution in [1.82, 2.24) is 19.7 Å². The molecule has 0 radical (unpaired) electrons. The summed E-state index contributed by atoms with van der Waals surface area (Å²) in [5.41, 5.74) is 7.11. The van der Waals surface area contributed by atoms with Crippen molar-refractivity contribution in [3.8, 4) is 17.1 Å². The second kappa shape index (κ2) is 11.8. The quantitative estimate of drug-likeness (QED) is 0.371. The molecule has 3 aromatic heterocycles. The van der Waals surface area contributed by atoms with E-state index in [1.807, 2.05) is 24.8 Å². The number of ether oxygens (including phenoxy) is 2. The Hall–Kier alpha value is -3.77. The number of amides is 1. The molecule has 0 spiro atoms. The Balaban J connectivity index is 0.00000387. The Morgan fingerprint density at radius 1 is 1.15 bits per heavy atom. The minimum absolute atomic E-state index is 0. The van der Waals surface area contributed by atoms with Gasteiger partial charge in [-0.2, -0.15) is 8.42 Å². The summed E-state index contributed by atoms with van der Waals surface area (Å²) >= 11 is 0. The average molecular weight is 569 g/mol. The van der Waals surface area contributed by atoms with Gasteiger partial charge in [0.1, 0.15) is 11.6 Å². The molecule has 1 amide bonds. The van der Waals surface area contributed by atoms with Crippen molar-refractivity contribution in [1.29, 1.82) is 0 Å². The average Bonchev–Trinajstić information content (AvgIpc) is 3.76. The highest BCUT2D eigenvalue weighted by Gasteiger charge is 2.30. The summed E-state index contributed by atoms with van der Waals surface area (Å²) in [5.74, 6) is 0.748. The molecule has 1 unspecified atom stereocenters. The zero-order valence-electron chi connectivity index (χ0n) is 22.6. The molecular weight excluding hydrogens is 532 g/mol. The van der Waals surface area contributed by atoms with Gasteiger partial charge in [0, 0.05) is 38.9 Å². The van der Waals surface area contributed by atoms with Crippen molar-refractivity contribution in [3.63, 3.8) is 0 Å². The second-order valence-corrected chi connectivity index (χ2v) is 12.1. The number of hydrogen-bond donors (Lipinski definition) is 2. The lowest BCUT2D eigenvalue weighted by Gasteiger charge is -2.34.